The third-order valence-electron chi connectivity index (χ3n) is 6.77. The highest BCUT2D eigenvalue weighted by Crippen LogP contribution is 2.25. The number of hydrogen-bond donors (Lipinski definition) is 2. The molecule has 3 heterocycles. The predicted octanol–water partition coefficient (Wildman–Crippen LogP) is 1.91. The lowest BCUT2D eigenvalue weighted by molar-refractivity contribution is 0.0315. The van der Waals surface area contributed by atoms with Crippen molar-refractivity contribution in [1.82, 2.24) is 15.1 Å². The molecule has 3 aliphatic rings. The summed E-state index contributed by atoms with van der Waals surface area (Å²) in [5.74, 6) is 1.37. The Bertz CT molecular complexity index is 763. The van der Waals surface area contributed by atoms with Crippen LogP contribution in [0.3, 0.4) is 0 Å². The second kappa shape index (κ2) is 11.3. The number of benzene rings is 1. The quantitative estimate of drug-likeness (QED) is 0.513. The molecule has 0 aliphatic carbocycles. The van der Waals surface area contributed by atoms with Gasteiger partial charge in [0, 0.05) is 52.4 Å². The standard InChI is InChI=1S/C24H38FN5O2/c1-2-26-24(30-8-5-20(18-30)17-28-11-13-32-14-12-28)27-16-19-3-4-23(22(25)15-19)29-9-6-21(31)7-10-29/h3-4,15,20-21,31H,2,5-14,16-18H2,1H3,(H,26,27). The average Bonchev–Trinajstić information content (AvgIpc) is 3.26. The molecule has 3 aliphatic heterocycles. The summed E-state index contributed by atoms with van der Waals surface area (Å²) in [6, 6.07) is 5.44. The molecule has 0 spiro atoms. The van der Waals surface area contributed by atoms with Crippen LogP contribution in [0.15, 0.2) is 23.2 Å². The van der Waals surface area contributed by atoms with Gasteiger partial charge in [-0.1, -0.05) is 6.07 Å². The van der Waals surface area contributed by atoms with Gasteiger partial charge in [-0.25, -0.2) is 9.38 Å². The molecule has 4 rings (SSSR count). The van der Waals surface area contributed by atoms with E-state index in [0.717, 1.165) is 64.0 Å². The topological polar surface area (TPSA) is 63.6 Å². The first-order valence-corrected chi connectivity index (χ1v) is 12.2. The SMILES string of the molecule is CCNC(=NCc1ccc(N2CCC(O)CC2)c(F)c1)N1CCC(CN2CCOCC2)C1. The molecule has 3 saturated heterocycles. The molecule has 2 N–H and O–H groups in total. The molecule has 178 valence electrons. The van der Waals surface area contributed by atoms with Crippen LogP contribution in [0.2, 0.25) is 0 Å². The molecular formula is C24H38FN5O2. The zero-order valence-corrected chi connectivity index (χ0v) is 19.3. The van der Waals surface area contributed by atoms with E-state index in [2.05, 4.69) is 22.0 Å². The zero-order valence-electron chi connectivity index (χ0n) is 19.3. The molecule has 3 fully saturated rings. The van der Waals surface area contributed by atoms with Gasteiger partial charge in [-0.3, -0.25) is 4.90 Å². The first-order valence-electron chi connectivity index (χ1n) is 12.2. The molecule has 0 aromatic heterocycles. The van der Waals surface area contributed by atoms with Crippen molar-refractivity contribution in [1.29, 1.82) is 0 Å². The number of likely N-dealkylation sites (tertiary alicyclic amines) is 1. The molecule has 0 amide bonds. The summed E-state index contributed by atoms with van der Waals surface area (Å²) in [5, 5.41) is 13.1. The highest BCUT2D eigenvalue weighted by Gasteiger charge is 2.27. The number of nitrogens with one attached hydrogen (secondary N) is 1. The van der Waals surface area contributed by atoms with Gasteiger partial charge in [-0.05, 0) is 49.8 Å². The van der Waals surface area contributed by atoms with Crippen molar-refractivity contribution in [2.24, 2.45) is 10.9 Å². The summed E-state index contributed by atoms with van der Waals surface area (Å²) in [7, 11) is 0. The average molecular weight is 448 g/mol. The number of ether oxygens (including phenoxy) is 1. The van der Waals surface area contributed by atoms with Crippen molar-refractivity contribution in [3.63, 3.8) is 0 Å². The van der Waals surface area contributed by atoms with E-state index >= 15 is 0 Å². The predicted molar refractivity (Wildman–Crippen MR) is 126 cm³/mol. The van der Waals surface area contributed by atoms with Gasteiger partial charge in [0.15, 0.2) is 5.96 Å². The van der Waals surface area contributed by atoms with Gasteiger partial charge >= 0.3 is 0 Å². The summed E-state index contributed by atoms with van der Waals surface area (Å²) < 4.78 is 20.3. The number of aliphatic hydroxyl groups excluding tert-OH is 1. The number of halogens is 1. The lowest BCUT2D eigenvalue weighted by Crippen LogP contribution is -2.42. The maximum atomic E-state index is 14.8. The summed E-state index contributed by atoms with van der Waals surface area (Å²) in [5.41, 5.74) is 1.50. The first kappa shape index (κ1) is 23.3. The number of aliphatic imine (C=N–C) groups is 1. The van der Waals surface area contributed by atoms with Gasteiger partial charge < -0.3 is 25.0 Å². The molecule has 0 radical (unpaired) electrons. The largest absolute Gasteiger partial charge is 0.393 e. The van der Waals surface area contributed by atoms with Crippen molar-refractivity contribution < 1.29 is 14.2 Å². The van der Waals surface area contributed by atoms with Crippen molar-refractivity contribution in [3.8, 4) is 0 Å². The maximum absolute atomic E-state index is 14.8. The number of nitrogens with zero attached hydrogens (tertiary/aromatic N) is 4. The van der Waals surface area contributed by atoms with Crippen LogP contribution >= 0.6 is 0 Å². The van der Waals surface area contributed by atoms with Crippen LogP contribution < -0.4 is 10.2 Å². The minimum Gasteiger partial charge on any atom is -0.393 e. The Balaban J connectivity index is 1.34. The second-order valence-corrected chi connectivity index (χ2v) is 9.19. The number of morpholine rings is 1. The first-order chi connectivity index (χ1) is 15.6. The Hall–Kier alpha value is -1.90. The van der Waals surface area contributed by atoms with Crippen LogP contribution in [-0.2, 0) is 11.3 Å². The number of hydrogen-bond acceptors (Lipinski definition) is 5. The lowest BCUT2D eigenvalue weighted by Gasteiger charge is -2.31. The fourth-order valence-electron chi connectivity index (χ4n) is 4.93. The van der Waals surface area contributed by atoms with Crippen LogP contribution in [0.25, 0.3) is 0 Å². The summed E-state index contributed by atoms with van der Waals surface area (Å²) in [4.78, 5) is 11.7. The Kier molecular flexibility index (Phi) is 8.21. The number of aliphatic hydroxyl groups is 1. The van der Waals surface area contributed by atoms with Crippen molar-refractivity contribution in [2.45, 2.75) is 38.8 Å². The van der Waals surface area contributed by atoms with Crippen LogP contribution in [0.1, 0.15) is 31.7 Å². The number of piperidine rings is 1. The second-order valence-electron chi connectivity index (χ2n) is 9.19. The zero-order chi connectivity index (χ0) is 22.3. The van der Waals surface area contributed by atoms with Gasteiger partial charge in [0.05, 0.1) is 31.5 Å². The molecule has 1 unspecified atom stereocenters. The molecule has 32 heavy (non-hydrogen) atoms. The van der Waals surface area contributed by atoms with E-state index in [1.807, 2.05) is 17.0 Å². The van der Waals surface area contributed by atoms with Crippen LogP contribution in [0.5, 0.6) is 0 Å². The Morgan fingerprint density at radius 1 is 1.16 bits per heavy atom. The van der Waals surface area contributed by atoms with Gasteiger partial charge in [0.1, 0.15) is 5.82 Å². The van der Waals surface area contributed by atoms with E-state index in [1.54, 1.807) is 6.07 Å². The highest BCUT2D eigenvalue weighted by molar-refractivity contribution is 5.80. The smallest absolute Gasteiger partial charge is 0.194 e. The van der Waals surface area contributed by atoms with Crippen LogP contribution in [0.4, 0.5) is 10.1 Å². The summed E-state index contributed by atoms with van der Waals surface area (Å²) in [6.45, 7) is 11.6. The van der Waals surface area contributed by atoms with E-state index < -0.39 is 0 Å². The summed E-state index contributed by atoms with van der Waals surface area (Å²) >= 11 is 0. The molecule has 0 bridgehead atoms. The molecule has 1 aromatic rings. The maximum Gasteiger partial charge on any atom is 0.194 e. The van der Waals surface area contributed by atoms with E-state index in [4.69, 9.17) is 9.73 Å². The van der Waals surface area contributed by atoms with Gasteiger partial charge in [0.2, 0.25) is 0 Å². The van der Waals surface area contributed by atoms with Crippen molar-refractivity contribution in [2.75, 3.05) is 70.5 Å². The molecule has 1 aromatic carbocycles. The van der Waals surface area contributed by atoms with E-state index in [-0.39, 0.29) is 11.9 Å². The molecule has 8 heteroatoms. The van der Waals surface area contributed by atoms with Crippen LogP contribution in [0, 0.1) is 11.7 Å². The summed E-state index contributed by atoms with van der Waals surface area (Å²) in [6.07, 6.45) is 2.31. The number of anilines is 1. The molecule has 7 nitrogen and oxygen atoms in total. The molecule has 0 saturated carbocycles. The third-order valence-corrected chi connectivity index (χ3v) is 6.77. The molecular weight excluding hydrogens is 409 g/mol. The minimum absolute atomic E-state index is 0.203. The Labute approximate surface area is 191 Å². The fourth-order valence-corrected chi connectivity index (χ4v) is 4.93. The lowest BCUT2D eigenvalue weighted by atomic mass is 10.1. The van der Waals surface area contributed by atoms with Gasteiger partial charge in [0.25, 0.3) is 0 Å². The fraction of sp³-hybridized carbons (Fsp3) is 0.708. The van der Waals surface area contributed by atoms with Crippen molar-refractivity contribution in [3.05, 3.63) is 29.6 Å². The molecule has 1 atom stereocenters. The third kappa shape index (κ3) is 6.11. The Morgan fingerprint density at radius 2 is 1.94 bits per heavy atom. The van der Waals surface area contributed by atoms with Crippen LogP contribution in [-0.4, -0.2) is 92.5 Å². The number of rotatable bonds is 6. The van der Waals surface area contributed by atoms with Gasteiger partial charge in [-0.15, -0.1) is 0 Å². The Morgan fingerprint density at radius 3 is 2.66 bits per heavy atom. The number of guanidine groups is 1. The normalized spacial score (nSPS) is 23.7. The highest BCUT2D eigenvalue weighted by atomic mass is 19.1. The van der Waals surface area contributed by atoms with E-state index in [0.29, 0.717) is 44.1 Å². The van der Waals surface area contributed by atoms with E-state index in [1.165, 1.54) is 6.42 Å². The van der Waals surface area contributed by atoms with Gasteiger partial charge in [-0.2, -0.15) is 0 Å². The minimum atomic E-state index is -0.258. The monoisotopic (exact) mass is 447 g/mol. The van der Waals surface area contributed by atoms with Crippen molar-refractivity contribution >= 4 is 11.6 Å². The van der Waals surface area contributed by atoms with E-state index in [9.17, 15) is 9.50 Å².